The van der Waals surface area contributed by atoms with E-state index in [2.05, 4.69) is 20.8 Å². The lowest BCUT2D eigenvalue weighted by Gasteiger charge is -2.47. The van der Waals surface area contributed by atoms with Crippen molar-refractivity contribution in [2.24, 2.45) is 23.5 Å². The Kier molecular flexibility index (Phi) is 7.63. The van der Waals surface area contributed by atoms with Gasteiger partial charge in [-0.15, -0.1) is 16.9 Å². The second kappa shape index (κ2) is 11.1. The van der Waals surface area contributed by atoms with E-state index in [0.717, 1.165) is 12.2 Å². The largest absolute Gasteiger partial charge is 0.477 e. The highest BCUT2D eigenvalue weighted by Crippen LogP contribution is 2.53. The summed E-state index contributed by atoms with van der Waals surface area (Å²) in [7, 11) is 0. The number of rotatable bonds is 9. The van der Waals surface area contributed by atoms with Crippen LogP contribution in [0.25, 0.3) is 0 Å². The van der Waals surface area contributed by atoms with Crippen LogP contribution in [-0.4, -0.2) is 120 Å². The van der Waals surface area contributed by atoms with Crippen molar-refractivity contribution in [3.05, 3.63) is 16.4 Å². The first-order valence-corrected chi connectivity index (χ1v) is 15.2. The molecule has 0 aliphatic carbocycles. The molecule has 4 N–H and O–H groups in total. The van der Waals surface area contributed by atoms with E-state index in [0.29, 0.717) is 50.6 Å². The number of carbonyl (C=O) groups excluding carboxylic acids is 3. The number of carbonyl (C=O) groups is 4. The number of tetrazole rings is 1. The van der Waals surface area contributed by atoms with E-state index in [-0.39, 0.29) is 71.5 Å². The van der Waals surface area contributed by atoms with E-state index in [4.69, 9.17) is 5.73 Å². The average molecular weight is 588 g/mol. The summed E-state index contributed by atoms with van der Waals surface area (Å²) in [6, 6.07) is -0.573. The third-order valence-corrected chi connectivity index (χ3v) is 10.7. The number of aliphatic carboxylic acids is 1. The fourth-order valence-corrected chi connectivity index (χ4v) is 8.57. The van der Waals surface area contributed by atoms with Crippen LogP contribution in [0.1, 0.15) is 38.9 Å². The molecule has 15 heteroatoms. The monoisotopic (exact) mass is 587 g/mol. The number of carboxylic acids is 1. The first-order chi connectivity index (χ1) is 19.6. The molecule has 2 amide bonds. The van der Waals surface area contributed by atoms with Gasteiger partial charge in [-0.3, -0.25) is 19.3 Å². The molecule has 0 unspecified atom stereocenters. The highest BCUT2D eigenvalue weighted by Gasteiger charge is 2.60. The SMILES string of the molecule is C[C@@H](CC(=O)CN1CCn2nnnc2C1)[C@H]1C(=O)N2C(C(=O)O)=C(S[C@@H]3CN[C@H](C(=O)N4CC[C@@H](N)C4)C3)[C@H](C)[C@H]12. The van der Waals surface area contributed by atoms with Crippen LogP contribution < -0.4 is 11.1 Å². The van der Waals surface area contributed by atoms with Crippen LogP contribution in [0.15, 0.2) is 10.6 Å². The Labute approximate surface area is 242 Å². The molecule has 5 aliphatic heterocycles. The topological polar surface area (TPSA) is 180 Å². The standard InChI is InChI=1S/C26H37N9O5S/c1-13(7-16(36)11-32-5-6-34-19(12-32)29-30-31-34)20-21-14(2)23(22(26(39)40)35(21)25(20)38)41-17-8-18(28-9-17)24(37)33-4-3-15(27)10-33/h13-15,17-18,20-21,28H,3-12,27H2,1-2H3,(H,39,40)/t13-,14+,15+,17-,18-,20+,21+/m0/s1. The Morgan fingerprint density at radius 3 is 2.78 bits per heavy atom. The van der Waals surface area contributed by atoms with Crippen LogP contribution in [0.4, 0.5) is 0 Å². The maximum absolute atomic E-state index is 13.3. The molecule has 3 fully saturated rings. The van der Waals surface area contributed by atoms with Crippen molar-refractivity contribution in [2.75, 3.05) is 32.7 Å². The zero-order valence-corrected chi connectivity index (χ0v) is 24.1. The molecule has 0 aromatic carbocycles. The Hall–Kier alpha value is -2.88. The highest BCUT2D eigenvalue weighted by molar-refractivity contribution is 8.03. The van der Waals surface area contributed by atoms with E-state index in [9.17, 15) is 24.3 Å². The molecule has 3 saturated heterocycles. The fourth-order valence-electron chi connectivity index (χ4n) is 7.10. The second-order valence-corrected chi connectivity index (χ2v) is 13.4. The van der Waals surface area contributed by atoms with Crippen LogP contribution in [-0.2, 0) is 32.3 Å². The Balaban J connectivity index is 1.07. The van der Waals surface area contributed by atoms with Gasteiger partial charge in [0.1, 0.15) is 11.5 Å². The molecule has 7 atom stereocenters. The molecule has 0 spiro atoms. The molecule has 41 heavy (non-hydrogen) atoms. The summed E-state index contributed by atoms with van der Waals surface area (Å²) < 4.78 is 1.73. The lowest BCUT2D eigenvalue weighted by molar-refractivity contribution is -0.160. The van der Waals surface area contributed by atoms with Gasteiger partial charge < -0.3 is 26.0 Å². The number of hydrogen-bond donors (Lipinski definition) is 3. The van der Waals surface area contributed by atoms with Gasteiger partial charge in [0.15, 0.2) is 5.82 Å². The summed E-state index contributed by atoms with van der Waals surface area (Å²) in [6.07, 6.45) is 1.64. The molecule has 6 heterocycles. The number of likely N-dealkylation sites (tertiary alicyclic amines) is 1. The summed E-state index contributed by atoms with van der Waals surface area (Å²) in [5.41, 5.74) is 6.03. The average Bonchev–Trinajstić information content (AvgIpc) is 3.71. The number of nitrogens with one attached hydrogen (secondary N) is 1. The maximum atomic E-state index is 13.3. The number of Topliss-reactive ketones (excluding diaryl/α,β-unsaturated/α-hetero) is 1. The number of hydrogen-bond acceptors (Lipinski definition) is 11. The zero-order chi connectivity index (χ0) is 29.0. The van der Waals surface area contributed by atoms with Gasteiger partial charge in [-0.25, -0.2) is 9.48 Å². The second-order valence-electron chi connectivity index (χ2n) is 12.0. The van der Waals surface area contributed by atoms with Gasteiger partial charge in [-0.05, 0) is 29.2 Å². The molecule has 0 bridgehead atoms. The molecule has 0 saturated carbocycles. The number of thioether (sulfide) groups is 1. The van der Waals surface area contributed by atoms with E-state index in [1.54, 1.807) is 4.68 Å². The van der Waals surface area contributed by atoms with Crippen molar-refractivity contribution in [3.8, 4) is 0 Å². The van der Waals surface area contributed by atoms with E-state index >= 15 is 0 Å². The summed E-state index contributed by atoms with van der Waals surface area (Å²) in [5.74, 6) is -1.31. The van der Waals surface area contributed by atoms with Gasteiger partial charge in [0.05, 0.1) is 37.6 Å². The van der Waals surface area contributed by atoms with Gasteiger partial charge in [-0.1, -0.05) is 13.8 Å². The van der Waals surface area contributed by atoms with Crippen LogP contribution >= 0.6 is 11.8 Å². The van der Waals surface area contributed by atoms with Crippen LogP contribution in [0.5, 0.6) is 0 Å². The van der Waals surface area contributed by atoms with Gasteiger partial charge in [0.25, 0.3) is 0 Å². The Morgan fingerprint density at radius 1 is 1.24 bits per heavy atom. The number of aromatic nitrogens is 4. The van der Waals surface area contributed by atoms with Gasteiger partial charge in [0.2, 0.25) is 11.8 Å². The fraction of sp³-hybridized carbons (Fsp3) is 0.731. The first kappa shape index (κ1) is 28.2. The summed E-state index contributed by atoms with van der Waals surface area (Å²) in [6.45, 7) is 7.77. The molecule has 222 valence electrons. The molecule has 6 rings (SSSR count). The predicted molar refractivity (Wildman–Crippen MR) is 147 cm³/mol. The molecule has 1 aromatic rings. The van der Waals surface area contributed by atoms with Crippen LogP contribution in [0.2, 0.25) is 0 Å². The van der Waals surface area contributed by atoms with Crippen molar-refractivity contribution < 1.29 is 24.3 Å². The lowest BCUT2D eigenvalue weighted by Crippen LogP contribution is -2.62. The van der Waals surface area contributed by atoms with Gasteiger partial charge in [-0.2, -0.15) is 0 Å². The molecular formula is C26H37N9O5S. The quantitative estimate of drug-likeness (QED) is 0.297. The van der Waals surface area contributed by atoms with Crippen molar-refractivity contribution >= 4 is 35.3 Å². The predicted octanol–water partition coefficient (Wildman–Crippen LogP) is -1.12. The zero-order valence-electron chi connectivity index (χ0n) is 23.3. The minimum absolute atomic E-state index is 0.0174. The van der Waals surface area contributed by atoms with Crippen molar-refractivity contribution in [1.82, 2.24) is 40.2 Å². The molecule has 0 radical (unpaired) electrons. The van der Waals surface area contributed by atoms with Crippen molar-refractivity contribution in [3.63, 3.8) is 0 Å². The third kappa shape index (κ3) is 5.17. The molecule has 14 nitrogen and oxygen atoms in total. The van der Waals surface area contributed by atoms with Crippen LogP contribution in [0.3, 0.4) is 0 Å². The van der Waals surface area contributed by atoms with Crippen LogP contribution in [0, 0.1) is 17.8 Å². The number of amides is 2. The Morgan fingerprint density at radius 2 is 2.05 bits per heavy atom. The molecule has 1 aromatic heterocycles. The summed E-state index contributed by atoms with van der Waals surface area (Å²) in [4.78, 5) is 57.5. The number of carboxylic acid groups (broad SMARTS) is 1. The number of β-lactam (4-membered cyclic amide) rings is 1. The summed E-state index contributed by atoms with van der Waals surface area (Å²) in [5, 5.41) is 25.0. The number of nitrogens with zero attached hydrogens (tertiary/aromatic N) is 7. The smallest absolute Gasteiger partial charge is 0.353 e. The van der Waals surface area contributed by atoms with E-state index in [1.165, 1.54) is 16.7 Å². The van der Waals surface area contributed by atoms with Gasteiger partial charge in [0, 0.05) is 54.7 Å². The number of fused-ring (bicyclic) bond motifs is 2. The summed E-state index contributed by atoms with van der Waals surface area (Å²) >= 11 is 1.47. The number of ketones is 1. The third-order valence-electron chi connectivity index (χ3n) is 9.17. The van der Waals surface area contributed by atoms with E-state index in [1.807, 2.05) is 23.6 Å². The maximum Gasteiger partial charge on any atom is 0.353 e. The van der Waals surface area contributed by atoms with E-state index < -0.39 is 11.9 Å². The first-order valence-electron chi connectivity index (χ1n) is 14.4. The molecule has 5 aliphatic rings. The lowest BCUT2D eigenvalue weighted by atomic mass is 9.73. The highest BCUT2D eigenvalue weighted by atomic mass is 32.2. The van der Waals surface area contributed by atoms with Crippen molar-refractivity contribution in [2.45, 2.75) is 69.6 Å². The minimum Gasteiger partial charge on any atom is -0.477 e. The minimum atomic E-state index is -1.12. The number of nitrogens with two attached hydrogens (primary N) is 1. The van der Waals surface area contributed by atoms with Crippen molar-refractivity contribution in [1.29, 1.82) is 0 Å². The Bertz CT molecular complexity index is 1290. The normalized spacial score (nSPS) is 32.2. The van der Waals surface area contributed by atoms with Gasteiger partial charge >= 0.3 is 5.97 Å². The molecular weight excluding hydrogens is 550 g/mol.